The van der Waals surface area contributed by atoms with Gasteiger partial charge >= 0.3 is 0 Å². The number of benzene rings is 1. The molecule has 0 bridgehead atoms. The van der Waals surface area contributed by atoms with Gasteiger partial charge in [0.25, 0.3) is 0 Å². The SMILES string of the molecule is c1ccc2c(c1)NCC2c1cnco1. The molecule has 2 heterocycles. The molecule has 0 spiro atoms. The van der Waals surface area contributed by atoms with Crippen LogP contribution in [0.1, 0.15) is 17.2 Å². The van der Waals surface area contributed by atoms with Gasteiger partial charge in [0.15, 0.2) is 6.39 Å². The maximum Gasteiger partial charge on any atom is 0.180 e. The van der Waals surface area contributed by atoms with E-state index in [4.69, 9.17) is 4.42 Å². The van der Waals surface area contributed by atoms with Gasteiger partial charge < -0.3 is 9.73 Å². The molecular weight excluding hydrogens is 176 g/mol. The van der Waals surface area contributed by atoms with Crippen LogP contribution in [0.25, 0.3) is 0 Å². The van der Waals surface area contributed by atoms with Crippen LogP contribution in [0.5, 0.6) is 0 Å². The van der Waals surface area contributed by atoms with Crippen LogP contribution in [0, 0.1) is 0 Å². The average Bonchev–Trinajstić information content (AvgIpc) is 2.85. The molecule has 0 saturated carbocycles. The number of nitrogens with one attached hydrogen (secondary N) is 1. The number of fused-ring (bicyclic) bond motifs is 1. The Labute approximate surface area is 81.8 Å². The Morgan fingerprint density at radius 1 is 1.36 bits per heavy atom. The molecule has 1 aromatic heterocycles. The van der Waals surface area contributed by atoms with E-state index < -0.39 is 0 Å². The second-order valence-corrected chi connectivity index (χ2v) is 3.42. The lowest BCUT2D eigenvalue weighted by atomic mass is 9.99. The Hall–Kier alpha value is -1.77. The van der Waals surface area contributed by atoms with E-state index in [-0.39, 0.29) is 0 Å². The lowest BCUT2D eigenvalue weighted by Crippen LogP contribution is -2.02. The third-order valence-corrected chi connectivity index (χ3v) is 2.63. The summed E-state index contributed by atoms with van der Waals surface area (Å²) in [5, 5.41) is 3.35. The third-order valence-electron chi connectivity index (χ3n) is 2.63. The van der Waals surface area contributed by atoms with Crippen molar-refractivity contribution in [3.05, 3.63) is 48.2 Å². The van der Waals surface area contributed by atoms with Gasteiger partial charge in [-0.2, -0.15) is 0 Å². The standard InChI is InChI=1S/C11H10N2O/c1-2-4-10-8(3-1)9(5-13-10)11-6-12-7-14-11/h1-4,6-7,9,13H,5H2. The summed E-state index contributed by atoms with van der Waals surface area (Å²) in [6.07, 6.45) is 3.27. The fraction of sp³-hybridized carbons (Fsp3) is 0.182. The lowest BCUT2D eigenvalue weighted by molar-refractivity contribution is 0.490. The minimum atomic E-state index is 0.314. The molecule has 1 aliphatic rings. The molecular formula is C11H10N2O. The fourth-order valence-electron chi connectivity index (χ4n) is 1.94. The molecule has 1 unspecified atom stereocenters. The van der Waals surface area contributed by atoms with Gasteiger partial charge in [0.2, 0.25) is 0 Å². The summed E-state index contributed by atoms with van der Waals surface area (Å²) in [6.45, 7) is 0.897. The van der Waals surface area contributed by atoms with Gasteiger partial charge in [-0.25, -0.2) is 4.98 Å². The minimum absolute atomic E-state index is 0.314. The van der Waals surface area contributed by atoms with Crippen LogP contribution in [0.3, 0.4) is 0 Å². The predicted molar refractivity (Wildman–Crippen MR) is 53.3 cm³/mol. The van der Waals surface area contributed by atoms with E-state index >= 15 is 0 Å². The topological polar surface area (TPSA) is 38.1 Å². The highest BCUT2D eigenvalue weighted by Crippen LogP contribution is 2.35. The Morgan fingerprint density at radius 3 is 3.14 bits per heavy atom. The molecule has 0 radical (unpaired) electrons. The van der Waals surface area contributed by atoms with E-state index in [0.717, 1.165) is 12.3 Å². The zero-order chi connectivity index (χ0) is 9.38. The summed E-state index contributed by atoms with van der Waals surface area (Å²) < 4.78 is 5.32. The molecule has 1 aliphatic heterocycles. The van der Waals surface area contributed by atoms with Crippen LogP contribution in [0.4, 0.5) is 5.69 Å². The summed E-state index contributed by atoms with van der Waals surface area (Å²) in [5.74, 6) is 1.25. The van der Waals surface area contributed by atoms with Gasteiger partial charge in [-0.1, -0.05) is 18.2 Å². The smallest absolute Gasteiger partial charge is 0.180 e. The van der Waals surface area contributed by atoms with Crippen LogP contribution < -0.4 is 5.32 Å². The highest BCUT2D eigenvalue weighted by atomic mass is 16.3. The molecule has 3 heteroatoms. The first kappa shape index (κ1) is 7.62. The van der Waals surface area contributed by atoms with Gasteiger partial charge in [0.05, 0.1) is 12.1 Å². The lowest BCUT2D eigenvalue weighted by Gasteiger charge is -2.04. The van der Waals surface area contributed by atoms with Gasteiger partial charge in [-0.05, 0) is 11.6 Å². The minimum Gasteiger partial charge on any atom is -0.448 e. The quantitative estimate of drug-likeness (QED) is 0.742. The van der Waals surface area contributed by atoms with Crippen molar-refractivity contribution in [3.8, 4) is 0 Å². The molecule has 14 heavy (non-hydrogen) atoms. The number of oxazole rings is 1. The Balaban J connectivity index is 2.06. The zero-order valence-electron chi connectivity index (χ0n) is 7.60. The summed E-state index contributed by atoms with van der Waals surface area (Å²) >= 11 is 0. The molecule has 0 aliphatic carbocycles. The number of aromatic nitrogens is 1. The van der Waals surface area contributed by atoms with Gasteiger partial charge in [0.1, 0.15) is 5.76 Å². The van der Waals surface area contributed by atoms with Crippen molar-refractivity contribution in [1.29, 1.82) is 0 Å². The maximum absolute atomic E-state index is 5.32. The number of para-hydroxylation sites is 1. The molecule has 0 fully saturated rings. The first-order valence-electron chi connectivity index (χ1n) is 4.66. The monoisotopic (exact) mass is 186 g/mol. The van der Waals surface area contributed by atoms with Crippen LogP contribution >= 0.6 is 0 Å². The van der Waals surface area contributed by atoms with Crippen molar-refractivity contribution >= 4 is 5.69 Å². The molecule has 0 amide bonds. The number of nitrogens with zero attached hydrogens (tertiary/aromatic N) is 1. The highest BCUT2D eigenvalue weighted by Gasteiger charge is 2.25. The molecule has 1 atom stereocenters. The van der Waals surface area contributed by atoms with Crippen LogP contribution in [0.15, 0.2) is 41.3 Å². The number of hydrogen-bond donors (Lipinski definition) is 1. The van der Waals surface area contributed by atoms with Gasteiger partial charge in [-0.15, -0.1) is 0 Å². The van der Waals surface area contributed by atoms with E-state index in [2.05, 4.69) is 28.5 Å². The largest absolute Gasteiger partial charge is 0.448 e. The summed E-state index contributed by atoms with van der Waals surface area (Å²) in [6, 6.07) is 8.30. The molecule has 3 rings (SSSR count). The molecule has 0 saturated heterocycles. The molecule has 1 N–H and O–H groups in total. The second kappa shape index (κ2) is 2.87. The fourth-order valence-corrected chi connectivity index (χ4v) is 1.94. The average molecular weight is 186 g/mol. The number of hydrogen-bond acceptors (Lipinski definition) is 3. The Morgan fingerprint density at radius 2 is 2.29 bits per heavy atom. The van der Waals surface area contributed by atoms with Gasteiger partial charge in [0, 0.05) is 12.2 Å². The summed E-state index contributed by atoms with van der Waals surface area (Å²) in [5.41, 5.74) is 2.50. The van der Waals surface area contributed by atoms with E-state index in [1.165, 1.54) is 17.6 Å². The molecule has 3 nitrogen and oxygen atoms in total. The van der Waals surface area contributed by atoms with Crippen molar-refractivity contribution in [2.75, 3.05) is 11.9 Å². The van der Waals surface area contributed by atoms with E-state index in [9.17, 15) is 0 Å². The van der Waals surface area contributed by atoms with E-state index in [0.29, 0.717) is 5.92 Å². The van der Waals surface area contributed by atoms with E-state index in [1.807, 2.05) is 6.07 Å². The van der Waals surface area contributed by atoms with Crippen molar-refractivity contribution in [2.45, 2.75) is 5.92 Å². The van der Waals surface area contributed by atoms with E-state index in [1.54, 1.807) is 6.20 Å². The van der Waals surface area contributed by atoms with Crippen LogP contribution in [0.2, 0.25) is 0 Å². The first-order chi connectivity index (χ1) is 6.95. The van der Waals surface area contributed by atoms with Crippen molar-refractivity contribution in [3.63, 3.8) is 0 Å². The van der Waals surface area contributed by atoms with Crippen LogP contribution in [-0.4, -0.2) is 11.5 Å². The van der Waals surface area contributed by atoms with Crippen LogP contribution in [-0.2, 0) is 0 Å². The number of rotatable bonds is 1. The molecule has 2 aromatic rings. The Bertz CT molecular complexity index is 436. The number of anilines is 1. The molecule has 1 aromatic carbocycles. The van der Waals surface area contributed by atoms with Crippen molar-refractivity contribution < 1.29 is 4.42 Å². The predicted octanol–water partition coefficient (Wildman–Crippen LogP) is 2.23. The molecule has 70 valence electrons. The van der Waals surface area contributed by atoms with Crippen molar-refractivity contribution in [1.82, 2.24) is 4.98 Å². The maximum atomic E-state index is 5.32. The highest BCUT2D eigenvalue weighted by molar-refractivity contribution is 5.59. The summed E-state index contributed by atoms with van der Waals surface area (Å²) in [7, 11) is 0. The third kappa shape index (κ3) is 1.02. The first-order valence-corrected chi connectivity index (χ1v) is 4.66. The van der Waals surface area contributed by atoms with Gasteiger partial charge in [-0.3, -0.25) is 0 Å². The summed E-state index contributed by atoms with van der Waals surface area (Å²) in [4.78, 5) is 3.95. The van der Waals surface area contributed by atoms with Crippen molar-refractivity contribution in [2.24, 2.45) is 0 Å². The Kier molecular flexibility index (Phi) is 1.56. The normalized spacial score (nSPS) is 19.0. The second-order valence-electron chi connectivity index (χ2n) is 3.42. The zero-order valence-corrected chi connectivity index (χ0v) is 7.60.